The van der Waals surface area contributed by atoms with Gasteiger partial charge in [-0.1, -0.05) is 187 Å². The van der Waals surface area contributed by atoms with Gasteiger partial charge in [0.2, 0.25) is 0 Å². The van der Waals surface area contributed by atoms with Crippen LogP contribution in [0.15, 0.2) is 253 Å². The fourth-order valence-corrected chi connectivity index (χ4v) is 13.9. The first-order chi connectivity index (χ1) is 54.5. The monoisotopic (exact) mass is 1160 g/mol. The standard InChI is InChI=1S/C81H62BN5O/c1-49-43-74-77-75(44-49)87(76-46-51(81(5,6)7)45-62-61-27-20-34-71(78(61)88-79(62)76)86-69-32-18-12-25-59(69)60-26-13-19-33-70(60)86)73-48-54(85-67-30-16-10-23-57(67)58-24-11-17-31-68(58)85)40-42-64(73)82(77)63-41-39-53(47-72(63)83(74)52-37-35-50(36-38-52)80(2,3)4)84-65-28-14-8-21-55(65)56-22-9-15-29-66(56)84/h8-48H,1-7H3/i1D3,5D3,6D3,7D3,8D,9D,10D,11D,14D,15D,16D,17D,21D,22D,23D,24D,28D,29D,30D,31D. The molecule has 12 aromatic carbocycles. The maximum Gasteiger partial charge on any atom is 0.252 e. The molecule has 0 N–H and O–H groups in total. The Morgan fingerprint density at radius 1 is 0.364 bits per heavy atom. The average Bonchev–Trinajstić information content (AvgIpc) is 1.01. The molecule has 0 spiro atoms. The summed E-state index contributed by atoms with van der Waals surface area (Å²) in [5.41, 5.74) is -2.33. The molecule has 0 saturated heterocycles. The SMILES string of the molecule is [2H]c1c([2H])c([2H])c2c(c1[2H])c1c([2H])c([2H])c([2H])c([2H])c1n2-c1ccc2c(c1)N(c1ccc(C(C)(C)C)cc1)c1cc(C([2H])([2H])[2H])cc3c1B2c1ccc(-n2c4c([2H])c([2H])c([2H])c([2H])c4c4c([2H])c([2H])c([2H])c([2H])c42)cc1N3c1cc(C(C([2H])([2H])[2H])(C([2H])([2H])[2H])C([2H])([2H])[2H])cc2c1oc1c(-n3c4ccccc4c4ccccc43)cccc12. The van der Waals surface area contributed by atoms with Crippen LogP contribution >= 0.6 is 0 Å². The number of anilines is 6. The molecule has 420 valence electrons. The first-order valence-electron chi connectivity index (χ1n) is 42.6. The van der Waals surface area contributed by atoms with Gasteiger partial charge in [-0.15, -0.1) is 0 Å². The normalized spacial score (nSPS) is 18.5. The molecule has 0 radical (unpaired) electrons. The fourth-order valence-electron chi connectivity index (χ4n) is 13.9. The molecule has 16 aromatic rings. The van der Waals surface area contributed by atoms with Crippen molar-refractivity contribution in [3.8, 4) is 17.1 Å². The van der Waals surface area contributed by atoms with E-state index >= 15 is 0 Å². The number of fused-ring (bicyclic) bond motifs is 16. The molecule has 0 saturated carbocycles. The van der Waals surface area contributed by atoms with Crippen molar-refractivity contribution in [1.82, 2.24) is 13.7 Å². The Kier molecular flexibility index (Phi) is 6.28. The van der Waals surface area contributed by atoms with E-state index in [1.807, 2.05) is 98.1 Å². The Labute approximate surface area is 550 Å². The van der Waals surface area contributed by atoms with E-state index in [2.05, 4.69) is 0 Å². The second-order valence-corrected chi connectivity index (χ2v) is 23.6. The summed E-state index contributed by atoms with van der Waals surface area (Å²) in [5, 5.41) is 0.869. The summed E-state index contributed by atoms with van der Waals surface area (Å²) < 4.78 is 273. The number of aryl methyl sites for hydroxylation is 1. The van der Waals surface area contributed by atoms with Crippen molar-refractivity contribution in [1.29, 1.82) is 0 Å². The molecule has 6 nitrogen and oxygen atoms in total. The van der Waals surface area contributed by atoms with Gasteiger partial charge in [-0.25, -0.2) is 0 Å². The molecule has 88 heavy (non-hydrogen) atoms. The maximum atomic E-state index is 9.70. The first-order valence-corrected chi connectivity index (χ1v) is 28.6. The van der Waals surface area contributed by atoms with Gasteiger partial charge in [0.25, 0.3) is 6.71 Å². The van der Waals surface area contributed by atoms with E-state index in [1.54, 1.807) is 47.4 Å². The van der Waals surface area contributed by atoms with Crippen LogP contribution in [0.1, 0.15) is 96.4 Å². The molecule has 0 unspecified atom stereocenters. The maximum absolute atomic E-state index is 9.70. The fraction of sp³-hybridized carbons (Fsp3) is 0.111. The zero-order chi connectivity index (χ0) is 83.0. The van der Waals surface area contributed by atoms with Crippen LogP contribution in [0.2, 0.25) is 0 Å². The quantitative estimate of drug-likeness (QED) is 0.161. The van der Waals surface area contributed by atoms with Crippen LogP contribution in [0.25, 0.3) is 104 Å². The average molecular weight is 1160 g/mol. The van der Waals surface area contributed by atoms with E-state index in [1.165, 1.54) is 44.4 Å². The molecule has 7 heteroatoms. The summed E-state index contributed by atoms with van der Waals surface area (Å²) in [4.78, 5) is 3.26. The van der Waals surface area contributed by atoms with Crippen LogP contribution in [0.4, 0.5) is 34.1 Å². The van der Waals surface area contributed by atoms with Crippen molar-refractivity contribution in [2.75, 3.05) is 9.80 Å². The van der Waals surface area contributed by atoms with Crippen LogP contribution in [-0.4, -0.2) is 20.4 Å². The van der Waals surface area contributed by atoms with Crippen molar-refractivity contribution in [2.45, 2.75) is 59.0 Å². The highest BCUT2D eigenvalue weighted by Gasteiger charge is 2.45. The number of benzene rings is 12. The lowest BCUT2D eigenvalue weighted by molar-refractivity contribution is 0.590. The van der Waals surface area contributed by atoms with Crippen LogP contribution in [0.5, 0.6) is 0 Å². The highest BCUT2D eigenvalue weighted by Crippen LogP contribution is 2.51. The summed E-state index contributed by atoms with van der Waals surface area (Å²) in [6, 6.07) is 31.8. The zero-order valence-corrected chi connectivity index (χ0v) is 47.2. The second-order valence-electron chi connectivity index (χ2n) is 23.6. The minimum atomic E-state index is -3.91. The summed E-state index contributed by atoms with van der Waals surface area (Å²) in [7, 11) is 0. The van der Waals surface area contributed by atoms with Crippen molar-refractivity contribution < 1.29 is 42.8 Å². The molecule has 0 amide bonds. The highest BCUT2D eigenvalue weighted by atomic mass is 16.3. The molecule has 0 fully saturated rings. The molecule has 2 aliphatic heterocycles. The van der Waals surface area contributed by atoms with Gasteiger partial charge in [0.15, 0.2) is 11.2 Å². The Hall–Kier alpha value is -10.5. The summed E-state index contributed by atoms with van der Waals surface area (Å²) in [6.45, 7) is -9.99. The molecule has 0 aliphatic carbocycles. The number of nitrogens with zero attached hydrogens (tertiary/aromatic N) is 5. The van der Waals surface area contributed by atoms with Crippen LogP contribution in [0.3, 0.4) is 0 Å². The number of aromatic nitrogens is 3. The van der Waals surface area contributed by atoms with Gasteiger partial charge >= 0.3 is 0 Å². The third-order valence-electron chi connectivity index (χ3n) is 17.7. The number of rotatable bonds is 5. The van der Waals surface area contributed by atoms with Gasteiger partial charge in [-0.3, -0.25) is 0 Å². The lowest BCUT2D eigenvalue weighted by Crippen LogP contribution is -2.61. The van der Waals surface area contributed by atoms with Gasteiger partial charge in [0.05, 0.1) is 66.4 Å². The number of para-hydroxylation sites is 7. The summed E-state index contributed by atoms with van der Waals surface area (Å²) in [5.74, 6) is 0. The molecule has 6 heterocycles. The molecular formula is C81H62BN5O. The Morgan fingerprint density at radius 2 is 0.852 bits per heavy atom. The van der Waals surface area contributed by atoms with Crippen LogP contribution in [-0.2, 0) is 10.8 Å². The van der Waals surface area contributed by atoms with Crippen molar-refractivity contribution in [3.63, 3.8) is 0 Å². The zero-order valence-electron chi connectivity index (χ0n) is 75.2. The van der Waals surface area contributed by atoms with Gasteiger partial charge < -0.3 is 27.9 Å². The summed E-state index contributed by atoms with van der Waals surface area (Å²) >= 11 is 0. The predicted octanol–water partition coefficient (Wildman–Crippen LogP) is 19.9. The predicted molar refractivity (Wildman–Crippen MR) is 373 cm³/mol. The minimum absolute atomic E-state index is 0.0227. The third kappa shape index (κ3) is 7.19. The van der Waals surface area contributed by atoms with E-state index < -0.39 is 147 Å². The van der Waals surface area contributed by atoms with Crippen LogP contribution in [0, 0.1) is 6.85 Å². The van der Waals surface area contributed by atoms with Crippen molar-refractivity contribution in [2.24, 2.45) is 0 Å². The smallest absolute Gasteiger partial charge is 0.252 e. The second kappa shape index (κ2) is 18.3. The van der Waals surface area contributed by atoms with Crippen molar-refractivity contribution in [3.05, 3.63) is 265 Å². The van der Waals surface area contributed by atoms with Gasteiger partial charge in [-0.2, -0.15) is 0 Å². The number of furan rings is 1. The van der Waals surface area contributed by atoms with E-state index in [0.717, 1.165) is 22.4 Å². The Morgan fingerprint density at radius 3 is 1.39 bits per heavy atom. The molecule has 2 aliphatic rings. The minimum Gasteiger partial charge on any atom is -0.452 e. The number of hydrogen-bond donors (Lipinski definition) is 0. The van der Waals surface area contributed by atoms with Gasteiger partial charge in [-0.05, 0) is 154 Å². The molecular weight excluding hydrogens is 1070 g/mol. The lowest BCUT2D eigenvalue weighted by Gasteiger charge is -2.44. The Bertz CT molecular complexity index is 6880. The van der Waals surface area contributed by atoms with Crippen LogP contribution < -0.4 is 26.2 Å². The third-order valence-corrected chi connectivity index (χ3v) is 17.7. The molecule has 0 atom stereocenters. The van der Waals surface area contributed by atoms with E-state index in [-0.39, 0.29) is 122 Å². The Balaban J connectivity index is 1.05. The first kappa shape index (κ1) is 30.2. The van der Waals surface area contributed by atoms with Gasteiger partial charge in [0, 0.05) is 99.4 Å². The van der Waals surface area contributed by atoms with E-state index in [0.29, 0.717) is 27.9 Å². The highest BCUT2D eigenvalue weighted by molar-refractivity contribution is 7.00. The van der Waals surface area contributed by atoms with Gasteiger partial charge in [0.1, 0.15) is 0 Å². The van der Waals surface area contributed by atoms with E-state index in [4.69, 9.17) is 15.4 Å². The lowest BCUT2D eigenvalue weighted by atomic mass is 9.33. The topological polar surface area (TPSA) is 34.4 Å². The largest absolute Gasteiger partial charge is 0.452 e. The van der Waals surface area contributed by atoms with E-state index in [9.17, 15) is 27.4 Å². The molecule has 0 bridgehead atoms. The number of hydrogen-bond acceptors (Lipinski definition) is 3. The van der Waals surface area contributed by atoms with Crippen molar-refractivity contribution >= 4 is 145 Å². The summed E-state index contributed by atoms with van der Waals surface area (Å²) in [6.07, 6.45) is 0. The molecule has 18 rings (SSSR count). The molecule has 4 aromatic heterocycles.